The van der Waals surface area contributed by atoms with Crippen LogP contribution in [0.3, 0.4) is 0 Å². The van der Waals surface area contributed by atoms with Crippen LogP contribution < -0.4 is 0 Å². The van der Waals surface area contributed by atoms with E-state index in [1.54, 1.807) is 0 Å². The lowest BCUT2D eigenvalue weighted by Crippen LogP contribution is -2.63. The van der Waals surface area contributed by atoms with Crippen molar-refractivity contribution in [2.24, 2.45) is 5.92 Å². The summed E-state index contributed by atoms with van der Waals surface area (Å²) < 4.78 is 31.4. The molecule has 6 heteroatoms. The Kier molecular flexibility index (Phi) is 16.5. The van der Waals surface area contributed by atoms with Gasteiger partial charge in [0, 0.05) is 32.3 Å². The zero-order valence-corrected chi connectivity index (χ0v) is 21.6. The van der Waals surface area contributed by atoms with Crippen molar-refractivity contribution in [2.45, 2.75) is 123 Å². The Morgan fingerprint density at radius 1 is 0.719 bits per heavy atom. The van der Waals surface area contributed by atoms with Crippen LogP contribution in [-0.4, -0.2) is 69.3 Å². The van der Waals surface area contributed by atoms with Crippen molar-refractivity contribution in [2.75, 3.05) is 33.0 Å². The molecule has 1 fully saturated rings. The summed E-state index contributed by atoms with van der Waals surface area (Å²) in [6.45, 7) is 15.3. The molecule has 6 nitrogen and oxygen atoms in total. The molecule has 32 heavy (non-hydrogen) atoms. The number of rotatable bonds is 19. The standard InChI is InChI=1S/C26H50O6/c1-7-11-15-28-19-21-23(29-16-12-8-2)25(30-17-13-9-3)26(31-18-14-10-4)24(32-21)22(27)20(5)6/h20-21,23-26H,7-19H2,1-6H3/t21-,23+,24+,25+,26+/m1/s1. The molecule has 1 saturated heterocycles. The first-order chi connectivity index (χ1) is 15.5. The highest BCUT2D eigenvalue weighted by Crippen LogP contribution is 2.31. The molecule has 5 atom stereocenters. The van der Waals surface area contributed by atoms with Gasteiger partial charge < -0.3 is 23.7 Å². The van der Waals surface area contributed by atoms with E-state index in [-0.39, 0.29) is 30.0 Å². The number of hydrogen-bond acceptors (Lipinski definition) is 6. The number of carbonyl (C=O) groups is 1. The smallest absolute Gasteiger partial charge is 0.166 e. The Morgan fingerprint density at radius 3 is 1.69 bits per heavy atom. The van der Waals surface area contributed by atoms with Gasteiger partial charge in [0.25, 0.3) is 0 Å². The number of carbonyl (C=O) groups excluding carboxylic acids is 1. The Balaban J connectivity index is 3.16. The predicted molar refractivity (Wildman–Crippen MR) is 128 cm³/mol. The van der Waals surface area contributed by atoms with Crippen LogP contribution in [0.2, 0.25) is 0 Å². The van der Waals surface area contributed by atoms with E-state index < -0.39 is 12.2 Å². The zero-order valence-electron chi connectivity index (χ0n) is 21.6. The van der Waals surface area contributed by atoms with Crippen molar-refractivity contribution in [3.05, 3.63) is 0 Å². The molecule has 0 bridgehead atoms. The molecule has 0 aromatic rings. The minimum Gasteiger partial charge on any atom is -0.379 e. The molecule has 0 unspecified atom stereocenters. The lowest BCUT2D eigenvalue weighted by atomic mass is 9.89. The molecule has 0 spiro atoms. The fraction of sp³-hybridized carbons (Fsp3) is 0.962. The lowest BCUT2D eigenvalue weighted by Gasteiger charge is -2.46. The highest BCUT2D eigenvalue weighted by Gasteiger charge is 2.50. The van der Waals surface area contributed by atoms with Gasteiger partial charge in [-0.2, -0.15) is 0 Å². The lowest BCUT2D eigenvalue weighted by molar-refractivity contribution is -0.261. The Hall–Kier alpha value is -0.530. The first kappa shape index (κ1) is 29.5. The summed E-state index contributed by atoms with van der Waals surface area (Å²) in [5, 5.41) is 0. The van der Waals surface area contributed by atoms with Crippen LogP contribution in [0.15, 0.2) is 0 Å². The van der Waals surface area contributed by atoms with E-state index in [1.807, 2.05) is 13.8 Å². The maximum atomic E-state index is 13.2. The van der Waals surface area contributed by atoms with Crippen LogP contribution in [0.4, 0.5) is 0 Å². The van der Waals surface area contributed by atoms with Gasteiger partial charge in [0.05, 0.1) is 6.61 Å². The quantitative estimate of drug-likeness (QED) is 0.243. The van der Waals surface area contributed by atoms with E-state index >= 15 is 0 Å². The van der Waals surface area contributed by atoms with Gasteiger partial charge >= 0.3 is 0 Å². The summed E-state index contributed by atoms with van der Waals surface area (Å²) in [5.74, 6) is -0.0889. The Morgan fingerprint density at radius 2 is 1.19 bits per heavy atom. The van der Waals surface area contributed by atoms with E-state index in [0.29, 0.717) is 33.0 Å². The van der Waals surface area contributed by atoms with Gasteiger partial charge in [-0.1, -0.05) is 67.2 Å². The first-order valence-corrected chi connectivity index (χ1v) is 13.1. The van der Waals surface area contributed by atoms with Crippen LogP contribution in [0.25, 0.3) is 0 Å². The predicted octanol–water partition coefficient (Wildman–Crippen LogP) is 5.35. The molecule has 190 valence electrons. The largest absolute Gasteiger partial charge is 0.379 e. The van der Waals surface area contributed by atoms with Gasteiger partial charge in [0.1, 0.15) is 30.5 Å². The monoisotopic (exact) mass is 458 g/mol. The first-order valence-electron chi connectivity index (χ1n) is 13.1. The maximum Gasteiger partial charge on any atom is 0.166 e. The van der Waals surface area contributed by atoms with E-state index in [4.69, 9.17) is 23.7 Å². The second-order valence-electron chi connectivity index (χ2n) is 9.15. The van der Waals surface area contributed by atoms with E-state index in [1.165, 1.54) is 0 Å². The number of unbranched alkanes of at least 4 members (excludes halogenated alkanes) is 4. The molecule has 0 amide bonds. The Labute approximate surface area is 197 Å². The van der Waals surface area contributed by atoms with Crippen molar-refractivity contribution in [3.8, 4) is 0 Å². The van der Waals surface area contributed by atoms with Crippen molar-refractivity contribution in [1.29, 1.82) is 0 Å². The number of Topliss-reactive ketones (excluding diaryl/α,β-unsaturated/α-hetero) is 1. The topological polar surface area (TPSA) is 63.2 Å². The fourth-order valence-corrected chi connectivity index (χ4v) is 3.72. The molecule has 1 aliphatic heterocycles. The SMILES string of the molecule is CCCCOC[C@H]1O[C@@H](C(=O)C(C)C)[C@H](OCCCC)[C@@H](OCCCC)[C@H]1OCCCC. The normalized spacial score (nSPS) is 26.0. The van der Waals surface area contributed by atoms with Gasteiger partial charge in [-0.05, 0) is 25.7 Å². The number of ketones is 1. The van der Waals surface area contributed by atoms with Crippen molar-refractivity contribution >= 4 is 5.78 Å². The third kappa shape index (κ3) is 10.2. The minimum atomic E-state index is -0.663. The number of hydrogen-bond donors (Lipinski definition) is 0. The highest BCUT2D eigenvalue weighted by molar-refractivity contribution is 5.85. The summed E-state index contributed by atoms with van der Waals surface area (Å²) in [5.41, 5.74) is 0. The number of ether oxygens (including phenoxy) is 5. The fourth-order valence-electron chi connectivity index (χ4n) is 3.72. The average molecular weight is 459 g/mol. The van der Waals surface area contributed by atoms with Crippen molar-refractivity contribution < 1.29 is 28.5 Å². The van der Waals surface area contributed by atoms with Crippen LogP contribution in [0, 0.1) is 5.92 Å². The molecule has 0 radical (unpaired) electrons. The summed E-state index contributed by atoms with van der Waals surface area (Å²) in [6, 6.07) is 0. The van der Waals surface area contributed by atoms with E-state index in [2.05, 4.69) is 27.7 Å². The molecule has 0 saturated carbocycles. The third-order valence-corrected chi connectivity index (χ3v) is 5.83. The third-order valence-electron chi connectivity index (χ3n) is 5.83. The summed E-state index contributed by atoms with van der Waals surface area (Å²) >= 11 is 0. The van der Waals surface area contributed by atoms with Gasteiger partial charge in [0.2, 0.25) is 0 Å². The molecule has 1 rings (SSSR count). The molecule has 1 heterocycles. The zero-order chi connectivity index (χ0) is 23.8. The second-order valence-corrected chi connectivity index (χ2v) is 9.15. The molecule has 1 aliphatic rings. The molecule has 0 aromatic heterocycles. The highest BCUT2D eigenvalue weighted by atomic mass is 16.6. The minimum absolute atomic E-state index is 0.0566. The molecule has 0 N–H and O–H groups in total. The summed E-state index contributed by atoms with van der Waals surface area (Å²) in [4.78, 5) is 13.2. The molecule has 0 aliphatic carbocycles. The summed E-state index contributed by atoms with van der Waals surface area (Å²) in [7, 11) is 0. The second kappa shape index (κ2) is 17.9. The van der Waals surface area contributed by atoms with Crippen molar-refractivity contribution in [3.63, 3.8) is 0 Å². The van der Waals surface area contributed by atoms with Crippen LogP contribution >= 0.6 is 0 Å². The van der Waals surface area contributed by atoms with Gasteiger partial charge in [-0.3, -0.25) is 4.79 Å². The van der Waals surface area contributed by atoms with E-state index in [0.717, 1.165) is 51.4 Å². The van der Waals surface area contributed by atoms with E-state index in [9.17, 15) is 4.79 Å². The van der Waals surface area contributed by atoms with Crippen LogP contribution in [-0.2, 0) is 28.5 Å². The molecular formula is C26H50O6. The molecule has 0 aromatic carbocycles. The Bertz CT molecular complexity index is 469. The average Bonchev–Trinajstić information content (AvgIpc) is 2.78. The van der Waals surface area contributed by atoms with Gasteiger partial charge in [-0.15, -0.1) is 0 Å². The van der Waals surface area contributed by atoms with Gasteiger partial charge in [-0.25, -0.2) is 0 Å². The van der Waals surface area contributed by atoms with Crippen LogP contribution in [0.5, 0.6) is 0 Å². The van der Waals surface area contributed by atoms with Gasteiger partial charge in [0.15, 0.2) is 5.78 Å². The maximum absolute atomic E-state index is 13.2. The van der Waals surface area contributed by atoms with Crippen molar-refractivity contribution in [1.82, 2.24) is 0 Å². The van der Waals surface area contributed by atoms with Crippen LogP contribution in [0.1, 0.15) is 92.9 Å². The summed E-state index contributed by atoms with van der Waals surface area (Å²) in [6.07, 6.45) is 5.92. The molecular weight excluding hydrogens is 408 g/mol.